The Labute approximate surface area is 92.4 Å². The minimum Gasteiger partial charge on any atom is -0.459 e. The molecule has 0 saturated heterocycles. The van der Waals surface area contributed by atoms with E-state index in [0.29, 0.717) is 5.92 Å². The standard InChI is InChI=1S/C12H23NO2/c1-9-6-5-7-12(13,8-9)10(14)15-11(2,3)4/h9H,5-8,13H2,1-4H3/t9-,12-/m1/s1. The molecule has 1 aliphatic rings. The molecule has 0 aliphatic heterocycles. The molecular weight excluding hydrogens is 190 g/mol. The Morgan fingerprint density at radius 1 is 1.47 bits per heavy atom. The summed E-state index contributed by atoms with van der Waals surface area (Å²) in [6.07, 6.45) is 3.70. The Morgan fingerprint density at radius 3 is 2.53 bits per heavy atom. The smallest absolute Gasteiger partial charge is 0.326 e. The van der Waals surface area contributed by atoms with Crippen molar-refractivity contribution in [2.24, 2.45) is 11.7 Å². The van der Waals surface area contributed by atoms with Gasteiger partial charge in [-0.25, -0.2) is 0 Å². The maximum absolute atomic E-state index is 11.9. The van der Waals surface area contributed by atoms with Crippen LogP contribution in [-0.4, -0.2) is 17.1 Å². The Hall–Kier alpha value is -0.570. The normalized spacial score (nSPS) is 32.5. The Morgan fingerprint density at radius 2 is 2.07 bits per heavy atom. The second-order valence-electron chi connectivity index (χ2n) is 5.86. The van der Waals surface area contributed by atoms with E-state index in [4.69, 9.17) is 10.5 Å². The highest BCUT2D eigenvalue weighted by molar-refractivity contribution is 5.81. The van der Waals surface area contributed by atoms with Gasteiger partial charge < -0.3 is 10.5 Å². The summed E-state index contributed by atoms with van der Waals surface area (Å²) in [5, 5.41) is 0. The zero-order chi connectivity index (χ0) is 11.7. The van der Waals surface area contributed by atoms with Crippen LogP contribution in [-0.2, 0) is 9.53 Å². The van der Waals surface area contributed by atoms with Gasteiger partial charge in [-0.05, 0) is 39.5 Å². The highest BCUT2D eigenvalue weighted by Crippen LogP contribution is 2.32. The summed E-state index contributed by atoms with van der Waals surface area (Å²) < 4.78 is 5.36. The van der Waals surface area contributed by atoms with E-state index < -0.39 is 11.1 Å². The molecule has 0 aromatic carbocycles. The van der Waals surface area contributed by atoms with Crippen LogP contribution in [0.3, 0.4) is 0 Å². The lowest BCUT2D eigenvalue weighted by Crippen LogP contribution is -2.53. The number of carbonyl (C=O) groups excluding carboxylic acids is 1. The summed E-state index contributed by atoms with van der Waals surface area (Å²) in [7, 11) is 0. The van der Waals surface area contributed by atoms with Gasteiger partial charge in [0.1, 0.15) is 11.1 Å². The van der Waals surface area contributed by atoms with Crippen molar-refractivity contribution in [2.75, 3.05) is 0 Å². The third-order valence-electron chi connectivity index (χ3n) is 2.84. The first-order valence-corrected chi connectivity index (χ1v) is 5.75. The van der Waals surface area contributed by atoms with Crippen molar-refractivity contribution in [3.63, 3.8) is 0 Å². The van der Waals surface area contributed by atoms with Crippen molar-refractivity contribution in [1.29, 1.82) is 0 Å². The number of rotatable bonds is 1. The van der Waals surface area contributed by atoms with Crippen LogP contribution < -0.4 is 5.73 Å². The molecule has 0 unspecified atom stereocenters. The summed E-state index contributed by atoms with van der Waals surface area (Å²) in [6.45, 7) is 7.77. The lowest BCUT2D eigenvalue weighted by molar-refractivity contribution is -0.163. The van der Waals surface area contributed by atoms with Crippen LogP contribution in [0.4, 0.5) is 0 Å². The maximum atomic E-state index is 11.9. The predicted octanol–water partition coefficient (Wildman–Crippen LogP) is 2.24. The second kappa shape index (κ2) is 4.12. The highest BCUT2D eigenvalue weighted by Gasteiger charge is 2.40. The lowest BCUT2D eigenvalue weighted by atomic mass is 9.77. The zero-order valence-electron chi connectivity index (χ0n) is 10.3. The van der Waals surface area contributed by atoms with Gasteiger partial charge in [0, 0.05) is 0 Å². The van der Waals surface area contributed by atoms with Crippen molar-refractivity contribution in [3.05, 3.63) is 0 Å². The van der Waals surface area contributed by atoms with Crippen LogP contribution in [0.1, 0.15) is 53.4 Å². The van der Waals surface area contributed by atoms with E-state index in [2.05, 4.69) is 6.92 Å². The first-order valence-electron chi connectivity index (χ1n) is 5.75. The van der Waals surface area contributed by atoms with Crippen LogP contribution in [0.25, 0.3) is 0 Å². The number of nitrogens with two attached hydrogens (primary N) is 1. The van der Waals surface area contributed by atoms with E-state index in [-0.39, 0.29) is 5.97 Å². The quantitative estimate of drug-likeness (QED) is 0.680. The number of hydrogen-bond donors (Lipinski definition) is 1. The minimum absolute atomic E-state index is 0.235. The van der Waals surface area contributed by atoms with Gasteiger partial charge in [0.05, 0.1) is 0 Å². The van der Waals surface area contributed by atoms with E-state index in [0.717, 1.165) is 19.3 Å². The van der Waals surface area contributed by atoms with Gasteiger partial charge in [0.15, 0.2) is 0 Å². The molecule has 1 fully saturated rings. The van der Waals surface area contributed by atoms with Crippen molar-refractivity contribution in [3.8, 4) is 0 Å². The molecule has 0 bridgehead atoms. The monoisotopic (exact) mass is 213 g/mol. The van der Waals surface area contributed by atoms with Gasteiger partial charge in [-0.2, -0.15) is 0 Å². The summed E-state index contributed by atoms with van der Waals surface area (Å²) >= 11 is 0. The Bertz CT molecular complexity index is 244. The SMILES string of the molecule is C[C@@H]1CCC[C@](N)(C(=O)OC(C)(C)C)C1. The summed E-state index contributed by atoms with van der Waals surface area (Å²) in [5.41, 5.74) is 4.94. The van der Waals surface area contributed by atoms with Crippen LogP contribution in [0, 0.1) is 5.92 Å². The summed E-state index contributed by atoms with van der Waals surface area (Å²) in [6, 6.07) is 0. The fourth-order valence-corrected chi connectivity index (χ4v) is 2.16. The molecule has 0 radical (unpaired) electrons. The fraction of sp³-hybridized carbons (Fsp3) is 0.917. The number of hydrogen-bond acceptors (Lipinski definition) is 3. The van der Waals surface area contributed by atoms with Crippen molar-refractivity contribution < 1.29 is 9.53 Å². The van der Waals surface area contributed by atoms with Crippen LogP contribution in [0.2, 0.25) is 0 Å². The van der Waals surface area contributed by atoms with E-state index in [1.807, 2.05) is 20.8 Å². The first kappa shape index (κ1) is 12.5. The van der Waals surface area contributed by atoms with Gasteiger partial charge in [0.2, 0.25) is 0 Å². The minimum atomic E-state index is -0.745. The molecule has 1 rings (SSSR count). The molecule has 3 nitrogen and oxygen atoms in total. The number of esters is 1. The van der Waals surface area contributed by atoms with E-state index in [1.165, 1.54) is 6.42 Å². The molecule has 2 atom stereocenters. The van der Waals surface area contributed by atoms with Crippen LogP contribution >= 0.6 is 0 Å². The molecule has 3 heteroatoms. The Balaban J connectivity index is 2.64. The maximum Gasteiger partial charge on any atom is 0.326 e. The van der Waals surface area contributed by atoms with Gasteiger partial charge in [-0.3, -0.25) is 4.79 Å². The average molecular weight is 213 g/mol. The lowest BCUT2D eigenvalue weighted by Gasteiger charge is -2.36. The third-order valence-corrected chi connectivity index (χ3v) is 2.84. The molecule has 0 spiro atoms. The number of ether oxygens (including phenoxy) is 1. The molecule has 2 N–H and O–H groups in total. The van der Waals surface area contributed by atoms with Crippen LogP contribution in [0.15, 0.2) is 0 Å². The molecular formula is C12H23NO2. The van der Waals surface area contributed by atoms with Gasteiger partial charge in [-0.15, -0.1) is 0 Å². The fourth-order valence-electron chi connectivity index (χ4n) is 2.16. The molecule has 88 valence electrons. The van der Waals surface area contributed by atoms with E-state index in [1.54, 1.807) is 0 Å². The zero-order valence-corrected chi connectivity index (χ0v) is 10.3. The summed E-state index contributed by atoms with van der Waals surface area (Å²) in [4.78, 5) is 11.9. The van der Waals surface area contributed by atoms with Gasteiger partial charge in [-0.1, -0.05) is 19.8 Å². The van der Waals surface area contributed by atoms with Crippen molar-refractivity contribution in [2.45, 2.75) is 64.5 Å². The summed E-state index contributed by atoms with van der Waals surface area (Å²) in [5.74, 6) is 0.290. The van der Waals surface area contributed by atoms with Crippen LogP contribution in [0.5, 0.6) is 0 Å². The van der Waals surface area contributed by atoms with E-state index in [9.17, 15) is 4.79 Å². The average Bonchev–Trinajstić information content (AvgIpc) is 2.00. The third kappa shape index (κ3) is 3.49. The van der Waals surface area contributed by atoms with Crippen molar-refractivity contribution in [1.82, 2.24) is 0 Å². The number of carbonyl (C=O) groups is 1. The van der Waals surface area contributed by atoms with E-state index >= 15 is 0 Å². The molecule has 0 aromatic rings. The molecule has 1 saturated carbocycles. The molecule has 0 heterocycles. The Kier molecular flexibility index (Phi) is 3.44. The van der Waals surface area contributed by atoms with Crippen molar-refractivity contribution >= 4 is 5.97 Å². The molecule has 0 aromatic heterocycles. The highest BCUT2D eigenvalue weighted by atomic mass is 16.6. The molecule has 1 aliphatic carbocycles. The largest absolute Gasteiger partial charge is 0.459 e. The topological polar surface area (TPSA) is 52.3 Å². The predicted molar refractivity (Wildman–Crippen MR) is 60.4 cm³/mol. The molecule has 15 heavy (non-hydrogen) atoms. The van der Waals surface area contributed by atoms with Gasteiger partial charge >= 0.3 is 5.97 Å². The second-order valence-corrected chi connectivity index (χ2v) is 5.86. The first-order chi connectivity index (χ1) is 6.73. The molecule has 0 amide bonds. The van der Waals surface area contributed by atoms with Gasteiger partial charge in [0.25, 0.3) is 0 Å².